The largest absolute Gasteiger partial charge is 0.478 e. The molecular formula is C16H22N2O4S. The van der Waals surface area contributed by atoms with E-state index in [4.69, 9.17) is 4.74 Å². The highest BCUT2D eigenvalue weighted by atomic mass is 32.2. The molecule has 1 amide bonds. The molecule has 1 atom stereocenters. The summed E-state index contributed by atoms with van der Waals surface area (Å²) in [6.07, 6.45) is 4.10. The molecule has 0 radical (unpaired) electrons. The number of benzene rings is 1. The molecule has 0 spiro atoms. The maximum atomic E-state index is 12.7. The second-order valence-electron chi connectivity index (χ2n) is 6.08. The third kappa shape index (κ3) is 3.44. The summed E-state index contributed by atoms with van der Waals surface area (Å²) in [7, 11) is -3.41. The number of nitrogens with zero attached hydrogens (tertiary/aromatic N) is 2. The lowest BCUT2D eigenvalue weighted by atomic mass is 10.1. The third-order valence-corrected chi connectivity index (χ3v) is 5.52. The number of rotatable bonds is 2. The number of hydrogen-bond donors (Lipinski definition) is 0. The molecule has 1 unspecified atom stereocenters. The monoisotopic (exact) mass is 338 g/mol. The van der Waals surface area contributed by atoms with Gasteiger partial charge in [-0.3, -0.25) is 9.10 Å². The first kappa shape index (κ1) is 16.1. The summed E-state index contributed by atoms with van der Waals surface area (Å²) >= 11 is 0. The Bertz CT molecular complexity index is 683. The van der Waals surface area contributed by atoms with Gasteiger partial charge in [0.15, 0.2) is 6.10 Å². The summed E-state index contributed by atoms with van der Waals surface area (Å²) in [5.41, 5.74) is 0.504. The van der Waals surface area contributed by atoms with E-state index in [1.165, 1.54) is 10.6 Å². The minimum atomic E-state index is -3.41. The number of piperidine rings is 1. The Labute approximate surface area is 137 Å². The molecule has 0 N–H and O–H groups in total. The highest BCUT2D eigenvalue weighted by Gasteiger charge is 2.33. The third-order valence-electron chi connectivity index (χ3n) is 4.34. The van der Waals surface area contributed by atoms with E-state index in [-0.39, 0.29) is 12.5 Å². The van der Waals surface area contributed by atoms with Crippen LogP contribution in [-0.2, 0) is 14.8 Å². The van der Waals surface area contributed by atoms with Gasteiger partial charge in [-0.2, -0.15) is 0 Å². The molecule has 0 aliphatic carbocycles. The van der Waals surface area contributed by atoms with Crippen molar-refractivity contribution in [1.29, 1.82) is 0 Å². The number of carbonyl (C=O) groups excluding carboxylic acids is 1. The van der Waals surface area contributed by atoms with Gasteiger partial charge in [0.05, 0.1) is 11.9 Å². The Balaban J connectivity index is 1.86. The van der Waals surface area contributed by atoms with Crippen LogP contribution in [-0.4, -0.2) is 51.2 Å². The predicted octanol–water partition coefficient (Wildman–Crippen LogP) is 1.62. The van der Waals surface area contributed by atoms with Crippen LogP contribution in [0.2, 0.25) is 0 Å². The number of amides is 1. The van der Waals surface area contributed by atoms with Crippen molar-refractivity contribution in [3.63, 3.8) is 0 Å². The van der Waals surface area contributed by atoms with E-state index in [9.17, 15) is 13.2 Å². The lowest BCUT2D eigenvalue weighted by Crippen LogP contribution is -2.45. The van der Waals surface area contributed by atoms with Crippen LogP contribution in [0.4, 0.5) is 5.69 Å². The molecule has 126 valence electrons. The van der Waals surface area contributed by atoms with Crippen molar-refractivity contribution in [2.75, 3.05) is 30.2 Å². The molecule has 1 fully saturated rings. The first-order valence-electron chi connectivity index (χ1n) is 7.99. The Morgan fingerprint density at radius 1 is 1.13 bits per heavy atom. The van der Waals surface area contributed by atoms with Gasteiger partial charge in [-0.15, -0.1) is 0 Å². The number of para-hydroxylation sites is 2. The van der Waals surface area contributed by atoms with Gasteiger partial charge in [0.25, 0.3) is 5.91 Å². The van der Waals surface area contributed by atoms with Crippen LogP contribution in [0.25, 0.3) is 0 Å². The van der Waals surface area contributed by atoms with Crippen molar-refractivity contribution in [3.05, 3.63) is 24.3 Å². The van der Waals surface area contributed by atoms with Gasteiger partial charge in [-0.25, -0.2) is 8.42 Å². The zero-order chi connectivity index (χ0) is 16.4. The van der Waals surface area contributed by atoms with Gasteiger partial charge in [0, 0.05) is 26.1 Å². The maximum absolute atomic E-state index is 12.7. The van der Waals surface area contributed by atoms with Crippen LogP contribution < -0.4 is 9.04 Å². The molecule has 1 aromatic rings. The molecule has 0 bridgehead atoms. The molecule has 2 aliphatic rings. The van der Waals surface area contributed by atoms with Crippen molar-refractivity contribution in [1.82, 2.24) is 4.90 Å². The fourth-order valence-corrected chi connectivity index (χ4v) is 4.11. The van der Waals surface area contributed by atoms with E-state index in [1.807, 2.05) is 4.90 Å². The molecule has 2 aliphatic heterocycles. The van der Waals surface area contributed by atoms with Gasteiger partial charge >= 0.3 is 0 Å². The van der Waals surface area contributed by atoms with Gasteiger partial charge in [0.1, 0.15) is 5.75 Å². The van der Waals surface area contributed by atoms with Crippen molar-refractivity contribution < 1.29 is 17.9 Å². The van der Waals surface area contributed by atoms with E-state index < -0.39 is 16.1 Å². The van der Waals surface area contributed by atoms with Crippen molar-refractivity contribution >= 4 is 21.6 Å². The number of anilines is 1. The Hall–Kier alpha value is -1.76. The Kier molecular flexibility index (Phi) is 4.48. The van der Waals surface area contributed by atoms with Crippen LogP contribution in [0.3, 0.4) is 0 Å². The van der Waals surface area contributed by atoms with Crippen molar-refractivity contribution in [2.45, 2.75) is 31.8 Å². The Morgan fingerprint density at radius 3 is 2.52 bits per heavy atom. The summed E-state index contributed by atoms with van der Waals surface area (Å²) < 4.78 is 31.3. The summed E-state index contributed by atoms with van der Waals surface area (Å²) in [4.78, 5) is 14.5. The van der Waals surface area contributed by atoms with Crippen LogP contribution >= 0.6 is 0 Å². The molecular weight excluding hydrogens is 316 g/mol. The molecule has 23 heavy (non-hydrogen) atoms. The zero-order valence-electron chi connectivity index (χ0n) is 13.3. The Morgan fingerprint density at radius 2 is 1.83 bits per heavy atom. The van der Waals surface area contributed by atoms with Gasteiger partial charge in [-0.1, -0.05) is 12.1 Å². The van der Waals surface area contributed by atoms with E-state index in [2.05, 4.69) is 0 Å². The smallest absolute Gasteiger partial charge is 0.263 e. The molecule has 3 rings (SSSR count). The highest BCUT2D eigenvalue weighted by Crippen LogP contribution is 2.34. The van der Waals surface area contributed by atoms with Gasteiger partial charge < -0.3 is 9.64 Å². The summed E-state index contributed by atoms with van der Waals surface area (Å²) in [6, 6.07) is 6.99. The topological polar surface area (TPSA) is 66.9 Å². The van der Waals surface area contributed by atoms with Crippen molar-refractivity contribution in [3.8, 4) is 5.75 Å². The zero-order valence-corrected chi connectivity index (χ0v) is 14.1. The summed E-state index contributed by atoms with van der Waals surface area (Å²) in [5, 5.41) is 0. The second-order valence-corrected chi connectivity index (χ2v) is 7.99. The minimum absolute atomic E-state index is 0.0325. The van der Waals surface area contributed by atoms with Gasteiger partial charge in [-0.05, 0) is 31.4 Å². The molecule has 7 heteroatoms. The first-order valence-corrected chi connectivity index (χ1v) is 9.84. The molecule has 0 saturated carbocycles. The number of sulfonamides is 1. The van der Waals surface area contributed by atoms with Crippen LogP contribution in [0.15, 0.2) is 24.3 Å². The lowest BCUT2D eigenvalue weighted by molar-refractivity contribution is -0.139. The number of carbonyl (C=O) groups is 1. The van der Waals surface area contributed by atoms with E-state index in [0.717, 1.165) is 32.4 Å². The molecule has 0 aromatic heterocycles. The predicted molar refractivity (Wildman–Crippen MR) is 88.1 cm³/mol. The molecule has 2 heterocycles. The average Bonchev–Trinajstić information content (AvgIpc) is 2.74. The quantitative estimate of drug-likeness (QED) is 0.822. The normalized spacial score (nSPS) is 22.0. The number of likely N-dealkylation sites (tertiary alicyclic amines) is 1. The van der Waals surface area contributed by atoms with Crippen LogP contribution in [0.5, 0.6) is 5.75 Å². The summed E-state index contributed by atoms with van der Waals surface area (Å²) in [6.45, 7) is 1.77. The fourth-order valence-electron chi connectivity index (χ4n) is 3.17. The standard InChI is InChI=1S/C16H22N2O4S/c1-23(20,21)18-12-9-15(16(19)17-10-5-2-6-11-17)22-14-8-4-3-7-13(14)18/h3-4,7-8,15H,2,5-6,9-12H2,1H3. The highest BCUT2D eigenvalue weighted by molar-refractivity contribution is 7.92. The van der Waals surface area contributed by atoms with Crippen molar-refractivity contribution in [2.24, 2.45) is 0 Å². The lowest BCUT2D eigenvalue weighted by Gasteiger charge is -2.30. The van der Waals surface area contributed by atoms with E-state index in [1.54, 1.807) is 24.3 Å². The number of ether oxygens (including phenoxy) is 1. The summed E-state index contributed by atoms with van der Waals surface area (Å²) in [5.74, 6) is 0.417. The fraction of sp³-hybridized carbons (Fsp3) is 0.562. The molecule has 1 aromatic carbocycles. The first-order chi connectivity index (χ1) is 11.0. The molecule has 1 saturated heterocycles. The van der Waals surface area contributed by atoms with Gasteiger partial charge in [0.2, 0.25) is 10.0 Å². The average molecular weight is 338 g/mol. The maximum Gasteiger partial charge on any atom is 0.263 e. The van der Waals surface area contributed by atoms with Crippen LogP contribution in [0.1, 0.15) is 25.7 Å². The number of hydrogen-bond acceptors (Lipinski definition) is 4. The van der Waals surface area contributed by atoms with E-state index in [0.29, 0.717) is 17.9 Å². The van der Waals surface area contributed by atoms with E-state index >= 15 is 0 Å². The van der Waals surface area contributed by atoms with Crippen LogP contribution in [0, 0.1) is 0 Å². The minimum Gasteiger partial charge on any atom is -0.478 e. The SMILES string of the molecule is CS(=O)(=O)N1CCC(C(=O)N2CCCCC2)Oc2ccccc21. The second kappa shape index (κ2) is 6.39. The number of fused-ring (bicyclic) bond motifs is 1. The molecule has 6 nitrogen and oxygen atoms in total.